The molecular weight excluding hydrogens is 390 g/mol. The predicted octanol–water partition coefficient (Wildman–Crippen LogP) is 4.61. The Morgan fingerprint density at radius 3 is 2.39 bits per heavy atom. The van der Waals surface area contributed by atoms with Crippen LogP contribution in [0.25, 0.3) is 5.52 Å². The average Bonchev–Trinajstić information content (AvgIpc) is 3.08. The molecule has 6 nitrogen and oxygen atoms in total. The second kappa shape index (κ2) is 8.47. The van der Waals surface area contributed by atoms with E-state index in [0.717, 1.165) is 56.6 Å². The molecule has 2 aromatic heterocycles. The van der Waals surface area contributed by atoms with Crippen molar-refractivity contribution in [2.24, 2.45) is 5.41 Å². The fourth-order valence-electron chi connectivity index (χ4n) is 5.12. The molecule has 2 aliphatic rings. The number of fused-ring (bicyclic) bond motifs is 1. The molecule has 170 valence electrons. The van der Waals surface area contributed by atoms with Crippen molar-refractivity contribution in [1.29, 1.82) is 0 Å². The lowest BCUT2D eigenvalue weighted by Crippen LogP contribution is -2.49. The summed E-state index contributed by atoms with van der Waals surface area (Å²) < 4.78 is 7.76. The van der Waals surface area contributed by atoms with Crippen molar-refractivity contribution in [3.8, 4) is 0 Å². The molecule has 4 rings (SSSR count). The number of rotatable bonds is 3. The van der Waals surface area contributed by atoms with Crippen LogP contribution in [0.1, 0.15) is 70.7 Å². The topological polar surface area (TPSA) is 57.4 Å². The van der Waals surface area contributed by atoms with Gasteiger partial charge in [-0.15, -0.1) is 0 Å². The number of piperidine rings is 2. The van der Waals surface area contributed by atoms with E-state index in [2.05, 4.69) is 27.6 Å². The molecule has 2 aromatic rings. The molecule has 2 fully saturated rings. The highest BCUT2D eigenvalue weighted by Gasteiger charge is 2.39. The van der Waals surface area contributed by atoms with Crippen LogP contribution in [0.5, 0.6) is 0 Å². The normalized spacial score (nSPS) is 20.9. The molecule has 1 amide bonds. The molecule has 31 heavy (non-hydrogen) atoms. The number of carbonyl (C=O) groups excluding carboxylic acids is 1. The summed E-state index contributed by atoms with van der Waals surface area (Å²) in [6.07, 6.45) is 5.91. The van der Waals surface area contributed by atoms with Crippen molar-refractivity contribution in [2.45, 2.75) is 71.6 Å². The Bertz CT molecular complexity index is 910. The first-order valence-electron chi connectivity index (χ1n) is 11.6. The van der Waals surface area contributed by atoms with E-state index >= 15 is 0 Å². The van der Waals surface area contributed by atoms with E-state index in [-0.39, 0.29) is 6.09 Å². The third-order valence-electron chi connectivity index (χ3n) is 7.03. The highest BCUT2D eigenvalue weighted by Crippen LogP contribution is 2.42. The molecule has 1 N–H and O–H groups in total. The lowest BCUT2D eigenvalue weighted by molar-refractivity contribution is -0.00332. The number of pyridine rings is 1. The molecule has 1 atom stereocenters. The zero-order chi connectivity index (χ0) is 22.2. The highest BCUT2D eigenvalue weighted by molar-refractivity contribution is 5.68. The van der Waals surface area contributed by atoms with Gasteiger partial charge in [0.1, 0.15) is 5.60 Å². The number of ether oxygens (including phenoxy) is 1. The zero-order valence-corrected chi connectivity index (χ0v) is 19.4. The lowest BCUT2D eigenvalue weighted by atomic mass is 9.71. The summed E-state index contributed by atoms with van der Waals surface area (Å²) in [4.78, 5) is 16.8. The molecule has 2 saturated heterocycles. The molecule has 0 aliphatic carbocycles. The van der Waals surface area contributed by atoms with Gasteiger partial charge in [0.15, 0.2) is 0 Å². The Morgan fingerprint density at radius 2 is 1.77 bits per heavy atom. The summed E-state index contributed by atoms with van der Waals surface area (Å²) in [7, 11) is 0. The van der Waals surface area contributed by atoms with E-state index in [4.69, 9.17) is 4.74 Å². The van der Waals surface area contributed by atoms with Crippen molar-refractivity contribution in [3.63, 3.8) is 0 Å². The number of hydrogen-bond acceptors (Lipinski definition) is 4. The van der Waals surface area contributed by atoms with E-state index in [1.54, 1.807) is 0 Å². The number of amides is 1. The van der Waals surface area contributed by atoms with Crippen LogP contribution in [-0.4, -0.2) is 57.2 Å². The number of carbonyl (C=O) groups is 1. The molecule has 6 heteroatoms. The Kier molecular flexibility index (Phi) is 6.05. The van der Waals surface area contributed by atoms with E-state index in [9.17, 15) is 9.90 Å². The minimum Gasteiger partial charge on any atom is -0.444 e. The highest BCUT2D eigenvalue weighted by atomic mass is 16.6. The van der Waals surface area contributed by atoms with Crippen LogP contribution in [0, 0.1) is 5.41 Å². The summed E-state index contributed by atoms with van der Waals surface area (Å²) in [5, 5.41) is 10.3. The van der Waals surface area contributed by atoms with E-state index in [0.29, 0.717) is 5.41 Å². The Balaban J connectivity index is 1.36. The fraction of sp³-hybridized carbons (Fsp3) is 0.640. The van der Waals surface area contributed by atoms with Crippen LogP contribution >= 0.6 is 0 Å². The number of hydrogen-bond donors (Lipinski definition) is 1. The van der Waals surface area contributed by atoms with Gasteiger partial charge in [0, 0.05) is 42.6 Å². The van der Waals surface area contributed by atoms with Gasteiger partial charge in [0.25, 0.3) is 0 Å². The SMILES string of the molecule is CC(O)c1cc2ccccn2c1CN1CCC2(CC1)CCN(C(=O)OC(C)(C)C)CC2. The smallest absolute Gasteiger partial charge is 0.410 e. The Morgan fingerprint density at radius 1 is 1.13 bits per heavy atom. The van der Waals surface area contributed by atoms with Crippen LogP contribution in [0.15, 0.2) is 30.5 Å². The average molecular weight is 428 g/mol. The molecule has 2 aliphatic heterocycles. The lowest BCUT2D eigenvalue weighted by Gasteiger charge is -2.46. The van der Waals surface area contributed by atoms with Crippen LogP contribution in [0.2, 0.25) is 0 Å². The number of aromatic nitrogens is 1. The van der Waals surface area contributed by atoms with Crippen molar-refractivity contribution in [3.05, 3.63) is 41.7 Å². The summed E-state index contributed by atoms with van der Waals surface area (Å²) in [6, 6.07) is 8.29. The largest absolute Gasteiger partial charge is 0.444 e. The van der Waals surface area contributed by atoms with E-state index in [1.807, 2.05) is 44.7 Å². The first-order chi connectivity index (χ1) is 14.7. The number of aliphatic hydroxyl groups excluding tert-OH is 1. The maximum absolute atomic E-state index is 12.4. The van der Waals surface area contributed by atoms with Gasteiger partial charge in [-0.3, -0.25) is 4.90 Å². The number of likely N-dealkylation sites (tertiary alicyclic amines) is 2. The molecule has 0 bridgehead atoms. The summed E-state index contributed by atoms with van der Waals surface area (Å²) >= 11 is 0. The third kappa shape index (κ3) is 4.90. The summed E-state index contributed by atoms with van der Waals surface area (Å²) in [5.41, 5.74) is 3.27. The van der Waals surface area contributed by atoms with Crippen LogP contribution < -0.4 is 0 Å². The van der Waals surface area contributed by atoms with Crippen molar-refractivity contribution < 1.29 is 14.6 Å². The van der Waals surface area contributed by atoms with Crippen LogP contribution in [0.4, 0.5) is 4.79 Å². The summed E-state index contributed by atoms with van der Waals surface area (Å²) in [5.74, 6) is 0. The van der Waals surface area contributed by atoms with Crippen molar-refractivity contribution in [1.82, 2.24) is 14.2 Å². The fourth-order valence-corrected chi connectivity index (χ4v) is 5.12. The Labute approximate surface area is 185 Å². The van der Waals surface area contributed by atoms with Gasteiger partial charge in [-0.2, -0.15) is 0 Å². The first-order valence-corrected chi connectivity index (χ1v) is 11.6. The van der Waals surface area contributed by atoms with Crippen LogP contribution in [0.3, 0.4) is 0 Å². The summed E-state index contributed by atoms with van der Waals surface area (Å²) in [6.45, 7) is 12.2. The molecule has 0 saturated carbocycles. The van der Waals surface area contributed by atoms with Gasteiger partial charge < -0.3 is 19.1 Å². The maximum atomic E-state index is 12.4. The molecule has 0 aromatic carbocycles. The minimum atomic E-state index is -0.469. The van der Waals surface area contributed by atoms with Gasteiger partial charge >= 0.3 is 6.09 Å². The number of aliphatic hydroxyl groups is 1. The minimum absolute atomic E-state index is 0.175. The molecular formula is C25H37N3O3. The molecule has 1 unspecified atom stereocenters. The number of nitrogens with zero attached hydrogens (tertiary/aromatic N) is 3. The monoisotopic (exact) mass is 427 g/mol. The van der Waals surface area contributed by atoms with Crippen molar-refractivity contribution in [2.75, 3.05) is 26.2 Å². The van der Waals surface area contributed by atoms with Gasteiger partial charge in [0.05, 0.1) is 6.10 Å². The van der Waals surface area contributed by atoms with Crippen molar-refractivity contribution >= 4 is 11.6 Å². The van der Waals surface area contributed by atoms with Crippen LogP contribution in [-0.2, 0) is 11.3 Å². The predicted molar refractivity (Wildman–Crippen MR) is 122 cm³/mol. The van der Waals surface area contributed by atoms with E-state index < -0.39 is 11.7 Å². The van der Waals surface area contributed by atoms with E-state index in [1.165, 1.54) is 18.5 Å². The van der Waals surface area contributed by atoms with Gasteiger partial charge in [-0.25, -0.2) is 4.79 Å². The molecule has 4 heterocycles. The molecule has 1 spiro atoms. The second-order valence-electron chi connectivity index (χ2n) is 10.5. The van der Waals surface area contributed by atoms with Gasteiger partial charge in [-0.05, 0) is 90.1 Å². The molecule has 0 radical (unpaired) electrons. The van der Waals surface area contributed by atoms with Gasteiger partial charge in [-0.1, -0.05) is 6.07 Å². The Hall–Kier alpha value is -2.05. The zero-order valence-electron chi connectivity index (χ0n) is 19.4. The maximum Gasteiger partial charge on any atom is 0.410 e. The standard InChI is InChI=1S/C25H37N3O3/c1-19(29)21-17-20-7-5-6-12-28(20)22(21)18-26-13-8-25(9-14-26)10-15-27(16-11-25)23(30)31-24(2,3)4/h5-7,12,17,19,29H,8-11,13-16,18H2,1-4H3. The first kappa shape index (κ1) is 22.2. The second-order valence-corrected chi connectivity index (χ2v) is 10.5. The third-order valence-corrected chi connectivity index (χ3v) is 7.03. The van der Waals surface area contributed by atoms with Gasteiger partial charge in [0.2, 0.25) is 0 Å². The quantitative estimate of drug-likeness (QED) is 0.777.